The molecular weight excluding hydrogens is 460 g/mol. The number of para-hydroxylation sites is 1. The van der Waals surface area contributed by atoms with Crippen molar-refractivity contribution in [3.63, 3.8) is 0 Å². The Morgan fingerprint density at radius 2 is 1.57 bits per heavy atom. The number of thioether (sulfide) groups is 1. The van der Waals surface area contributed by atoms with Gasteiger partial charge in [-0.2, -0.15) is 15.1 Å². The summed E-state index contributed by atoms with van der Waals surface area (Å²) in [6.07, 6.45) is 1.65. The van der Waals surface area contributed by atoms with Crippen LogP contribution in [0.15, 0.2) is 94.5 Å². The molecule has 1 N–H and O–H groups in total. The summed E-state index contributed by atoms with van der Waals surface area (Å²) in [5.74, 6) is 1.05. The van der Waals surface area contributed by atoms with Gasteiger partial charge in [-0.1, -0.05) is 60.2 Å². The van der Waals surface area contributed by atoms with Crippen LogP contribution in [-0.2, 0) is 4.79 Å². The van der Waals surface area contributed by atoms with E-state index in [0.29, 0.717) is 29.2 Å². The molecule has 0 radical (unpaired) electrons. The zero-order chi connectivity index (χ0) is 24.2. The van der Waals surface area contributed by atoms with Crippen molar-refractivity contribution in [1.29, 1.82) is 5.41 Å². The number of amides is 1. The fourth-order valence-electron chi connectivity index (χ4n) is 3.47. The van der Waals surface area contributed by atoms with E-state index in [1.54, 1.807) is 6.08 Å². The Labute approximate surface area is 207 Å². The molecule has 0 saturated carbocycles. The van der Waals surface area contributed by atoms with Gasteiger partial charge in [0, 0.05) is 5.56 Å². The van der Waals surface area contributed by atoms with Crippen molar-refractivity contribution in [2.75, 3.05) is 13.2 Å². The van der Waals surface area contributed by atoms with Crippen LogP contribution in [0.25, 0.3) is 6.08 Å². The average Bonchev–Trinajstić information content (AvgIpc) is 3.30. The fraction of sp³-hybridized carbons (Fsp3) is 0.111. The van der Waals surface area contributed by atoms with Gasteiger partial charge in [-0.3, -0.25) is 10.2 Å². The van der Waals surface area contributed by atoms with Gasteiger partial charge in [0.25, 0.3) is 5.91 Å². The molecule has 0 bridgehead atoms. The average molecular weight is 483 g/mol. The highest BCUT2D eigenvalue weighted by molar-refractivity contribution is 8.27. The Morgan fingerprint density at radius 3 is 2.26 bits per heavy atom. The van der Waals surface area contributed by atoms with Crippen molar-refractivity contribution in [2.45, 2.75) is 6.92 Å². The molecular formula is C27H22N4O3S. The van der Waals surface area contributed by atoms with Crippen molar-refractivity contribution >= 4 is 39.8 Å². The van der Waals surface area contributed by atoms with Crippen LogP contribution in [0.4, 0.5) is 0 Å². The summed E-state index contributed by atoms with van der Waals surface area (Å²) >= 11 is 1.29. The second kappa shape index (κ2) is 9.99. The first-order chi connectivity index (χ1) is 17.1. The number of amidine groups is 2. The molecule has 0 unspecified atom stereocenters. The Morgan fingerprint density at radius 1 is 0.914 bits per heavy atom. The molecule has 0 saturated heterocycles. The second-order valence-electron chi connectivity index (χ2n) is 7.87. The molecule has 8 heteroatoms. The van der Waals surface area contributed by atoms with Gasteiger partial charge in [-0.05, 0) is 54.6 Å². The van der Waals surface area contributed by atoms with Crippen LogP contribution in [-0.4, -0.2) is 40.2 Å². The number of hydrogen-bond donors (Lipinski definition) is 1. The number of hydrogen-bond acceptors (Lipinski definition) is 6. The third kappa shape index (κ3) is 5.17. The van der Waals surface area contributed by atoms with Gasteiger partial charge in [-0.25, -0.2) is 0 Å². The Hall–Kier alpha value is -4.17. The first-order valence-corrected chi connectivity index (χ1v) is 11.9. The lowest BCUT2D eigenvalue weighted by molar-refractivity contribution is -0.114. The van der Waals surface area contributed by atoms with E-state index >= 15 is 0 Å². The molecule has 0 atom stereocenters. The van der Waals surface area contributed by atoms with Crippen LogP contribution < -0.4 is 9.47 Å². The van der Waals surface area contributed by atoms with Crippen LogP contribution in [0.1, 0.15) is 16.7 Å². The van der Waals surface area contributed by atoms with Gasteiger partial charge in [0.1, 0.15) is 29.8 Å². The summed E-state index contributed by atoms with van der Waals surface area (Å²) in [6, 6.07) is 24.8. The summed E-state index contributed by atoms with van der Waals surface area (Å²) in [4.78, 5) is 16.8. The molecule has 5 rings (SSSR count). The molecule has 35 heavy (non-hydrogen) atoms. The largest absolute Gasteiger partial charge is 0.490 e. The van der Waals surface area contributed by atoms with Crippen molar-refractivity contribution in [3.8, 4) is 11.5 Å². The number of nitrogens with zero attached hydrogens (tertiary/aromatic N) is 3. The molecule has 3 aromatic rings. The van der Waals surface area contributed by atoms with Gasteiger partial charge in [-0.15, -0.1) is 0 Å². The number of aliphatic imine (C=N–C) groups is 1. The molecule has 0 spiro atoms. The van der Waals surface area contributed by atoms with Crippen LogP contribution in [0.5, 0.6) is 11.5 Å². The normalized spacial score (nSPS) is 16.1. The van der Waals surface area contributed by atoms with E-state index in [4.69, 9.17) is 14.9 Å². The topological polar surface area (TPSA) is 87.3 Å². The van der Waals surface area contributed by atoms with Gasteiger partial charge in [0.15, 0.2) is 5.84 Å². The number of hydrazone groups is 1. The minimum absolute atomic E-state index is 0.00741. The van der Waals surface area contributed by atoms with Crippen molar-refractivity contribution in [1.82, 2.24) is 5.01 Å². The second-order valence-corrected chi connectivity index (χ2v) is 8.83. The minimum atomic E-state index is -0.451. The smallest absolute Gasteiger partial charge is 0.283 e. The van der Waals surface area contributed by atoms with Gasteiger partial charge < -0.3 is 9.47 Å². The number of fused-ring (bicyclic) bond motifs is 1. The summed E-state index contributed by atoms with van der Waals surface area (Å²) < 4.78 is 11.4. The number of aryl methyl sites for hydroxylation is 1. The van der Waals surface area contributed by atoms with E-state index in [0.717, 1.165) is 22.4 Å². The van der Waals surface area contributed by atoms with Crippen molar-refractivity contribution in [3.05, 3.63) is 101 Å². The van der Waals surface area contributed by atoms with Crippen LogP contribution in [0.2, 0.25) is 0 Å². The molecule has 0 fully saturated rings. The Kier molecular flexibility index (Phi) is 6.45. The number of benzene rings is 3. The van der Waals surface area contributed by atoms with Gasteiger partial charge in [0.05, 0.1) is 5.57 Å². The first-order valence-electron chi connectivity index (χ1n) is 11.0. The predicted molar refractivity (Wildman–Crippen MR) is 139 cm³/mol. The van der Waals surface area contributed by atoms with E-state index in [9.17, 15) is 4.79 Å². The standard InChI is InChI=1S/C27H22N4O3S/c1-18-7-11-20(12-8-18)26-30-31-24(28)23(25(32)29-27(31)35-26)17-19-9-13-22(14-10-19)34-16-15-33-21-5-3-2-4-6-21/h2-14,17,28H,15-16H2,1H3/b23-17-,28-24?. The van der Waals surface area contributed by atoms with Crippen molar-refractivity contribution in [2.24, 2.45) is 10.1 Å². The lowest BCUT2D eigenvalue weighted by Gasteiger charge is -2.20. The maximum absolute atomic E-state index is 12.7. The monoisotopic (exact) mass is 482 g/mol. The summed E-state index contributed by atoms with van der Waals surface area (Å²) in [7, 11) is 0. The van der Waals surface area contributed by atoms with E-state index < -0.39 is 5.91 Å². The molecule has 2 aliphatic heterocycles. The lowest BCUT2D eigenvalue weighted by atomic mass is 10.1. The number of rotatable bonds is 7. The fourth-order valence-corrected chi connectivity index (χ4v) is 4.36. The van der Waals surface area contributed by atoms with Crippen molar-refractivity contribution < 1.29 is 14.3 Å². The first kappa shape index (κ1) is 22.6. The molecule has 3 aromatic carbocycles. The molecule has 2 aliphatic rings. The lowest BCUT2D eigenvalue weighted by Crippen LogP contribution is -2.35. The van der Waals surface area contributed by atoms with Gasteiger partial charge in [0.2, 0.25) is 5.17 Å². The molecule has 1 amide bonds. The van der Waals surface area contributed by atoms with E-state index in [1.165, 1.54) is 16.8 Å². The highest BCUT2D eigenvalue weighted by Crippen LogP contribution is 2.31. The van der Waals surface area contributed by atoms with E-state index in [1.807, 2.05) is 85.8 Å². The number of nitrogens with one attached hydrogen (secondary N) is 1. The predicted octanol–water partition coefficient (Wildman–Crippen LogP) is 5.12. The molecule has 174 valence electrons. The summed E-state index contributed by atoms with van der Waals surface area (Å²) in [5, 5.41) is 15.6. The Bertz CT molecular complexity index is 1350. The Balaban J connectivity index is 1.23. The van der Waals surface area contributed by atoms with Crippen LogP contribution >= 0.6 is 11.8 Å². The van der Waals surface area contributed by atoms with Gasteiger partial charge >= 0.3 is 0 Å². The van der Waals surface area contributed by atoms with E-state index in [-0.39, 0.29) is 11.4 Å². The van der Waals surface area contributed by atoms with E-state index in [2.05, 4.69) is 10.1 Å². The zero-order valence-corrected chi connectivity index (χ0v) is 19.8. The number of carbonyl (C=O) groups excluding carboxylic acids is 1. The van der Waals surface area contributed by atoms with Crippen LogP contribution in [0, 0.1) is 12.3 Å². The number of carbonyl (C=O) groups is 1. The maximum atomic E-state index is 12.7. The highest BCUT2D eigenvalue weighted by Gasteiger charge is 2.35. The zero-order valence-electron chi connectivity index (χ0n) is 19.0. The quantitative estimate of drug-likeness (QED) is 0.373. The molecule has 7 nitrogen and oxygen atoms in total. The highest BCUT2D eigenvalue weighted by atomic mass is 32.2. The minimum Gasteiger partial charge on any atom is -0.490 e. The summed E-state index contributed by atoms with van der Waals surface area (Å²) in [5.41, 5.74) is 3.03. The third-order valence-electron chi connectivity index (χ3n) is 5.31. The van der Waals surface area contributed by atoms with Crippen LogP contribution in [0.3, 0.4) is 0 Å². The molecule has 0 aliphatic carbocycles. The molecule has 2 heterocycles. The summed E-state index contributed by atoms with van der Waals surface area (Å²) in [6.45, 7) is 2.86. The maximum Gasteiger partial charge on any atom is 0.283 e. The third-order valence-corrected chi connectivity index (χ3v) is 6.27. The molecule has 0 aromatic heterocycles. The SMILES string of the molecule is Cc1ccc(C2=NN3C(=N)/C(=C/c4ccc(OCCOc5ccccc5)cc4)C(=O)N=C3S2)cc1. The number of ether oxygens (including phenoxy) is 2.